The first-order chi connectivity index (χ1) is 8.50. The molecule has 106 valence electrons. The Morgan fingerprint density at radius 3 is 2.61 bits per heavy atom. The molecule has 0 aromatic heterocycles. The summed E-state index contributed by atoms with van der Waals surface area (Å²) in [5.41, 5.74) is 0. The van der Waals surface area contributed by atoms with Crippen molar-refractivity contribution < 1.29 is 4.79 Å². The molecule has 0 aromatic carbocycles. The molecule has 1 fully saturated rings. The van der Waals surface area contributed by atoms with Crippen LogP contribution in [0.25, 0.3) is 0 Å². The number of rotatable bonds is 6. The first-order valence-corrected chi connectivity index (χ1v) is 7.15. The fourth-order valence-corrected chi connectivity index (χ4v) is 2.42. The standard InChI is InChI=1S/C14H29N3O/c1-12(2)17(14(18)7-9-16(3)4)11-13-6-5-8-15-10-13/h12-13,15H,5-11H2,1-4H3. The molecule has 0 aromatic rings. The number of hydrogen-bond acceptors (Lipinski definition) is 3. The molecule has 4 heteroatoms. The molecule has 1 rings (SSSR count). The Labute approximate surface area is 112 Å². The fourth-order valence-electron chi connectivity index (χ4n) is 2.42. The Balaban J connectivity index is 2.44. The average molecular weight is 255 g/mol. The summed E-state index contributed by atoms with van der Waals surface area (Å²) in [6, 6.07) is 0.307. The van der Waals surface area contributed by atoms with Crippen LogP contribution in [-0.2, 0) is 4.79 Å². The van der Waals surface area contributed by atoms with Gasteiger partial charge in [0, 0.05) is 25.6 Å². The van der Waals surface area contributed by atoms with Crippen LogP contribution in [0.1, 0.15) is 33.1 Å². The van der Waals surface area contributed by atoms with E-state index in [0.29, 0.717) is 24.3 Å². The Kier molecular flexibility index (Phi) is 6.65. The number of carbonyl (C=O) groups excluding carboxylic acids is 1. The van der Waals surface area contributed by atoms with Gasteiger partial charge in [-0.05, 0) is 59.8 Å². The molecule has 0 bridgehead atoms. The molecular formula is C14H29N3O. The molecule has 1 amide bonds. The number of amides is 1. The Morgan fingerprint density at radius 1 is 1.39 bits per heavy atom. The van der Waals surface area contributed by atoms with E-state index >= 15 is 0 Å². The Bertz CT molecular complexity index is 247. The molecule has 1 saturated heterocycles. The van der Waals surface area contributed by atoms with Gasteiger partial charge in [-0.25, -0.2) is 0 Å². The lowest BCUT2D eigenvalue weighted by Gasteiger charge is -2.33. The van der Waals surface area contributed by atoms with Crippen LogP contribution in [0.2, 0.25) is 0 Å². The zero-order valence-corrected chi connectivity index (χ0v) is 12.4. The van der Waals surface area contributed by atoms with Crippen molar-refractivity contribution in [1.29, 1.82) is 0 Å². The van der Waals surface area contributed by atoms with Gasteiger partial charge in [0.05, 0.1) is 0 Å². The minimum atomic E-state index is 0.296. The van der Waals surface area contributed by atoms with Gasteiger partial charge < -0.3 is 15.1 Å². The van der Waals surface area contributed by atoms with Crippen LogP contribution in [0.4, 0.5) is 0 Å². The van der Waals surface area contributed by atoms with Gasteiger partial charge in [-0.1, -0.05) is 0 Å². The molecule has 0 radical (unpaired) electrons. The van der Waals surface area contributed by atoms with E-state index in [4.69, 9.17) is 0 Å². The van der Waals surface area contributed by atoms with Crippen LogP contribution in [0.3, 0.4) is 0 Å². The number of carbonyl (C=O) groups is 1. The molecule has 0 spiro atoms. The topological polar surface area (TPSA) is 35.6 Å². The lowest BCUT2D eigenvalue weighted by atomic mass is 9.98. The highest BCUT2D eigenvalue weighted by atomic mass is 16.2. The maximum Gasteiger partial charge on any atom is 0.224 e. The second kappa shape index (κ2) is 7.74. The largest absolute Gasteiger partial charge is 0.340 e. The number of nitrogens with zero attached hydrogens (tertiary/aromatic N) is 2. The zero-order valence-electron chi connectivity index (χ0n) is 12.4. The molecule has 0 saturated carbocycles. The van der Waals surface area contributed by atoms with Crippen molar-refractivity contribution in [2.45, 2.75) is 39.2 Å². The molecule has 1 unspecified atom stereocenters. The van der Waals surface area contributed by atoms with Crippen molar-refractivity contribution >= 4 is 5.91 Å². The third-order valence-electron chi connectivity index (χ3n) is 3.57. The Hall–Kier alpha value is -0.610. The summed E-state index contributed by atoms with van der Waals surface area (Å²) < 4.78 is 0. The predicted octanol–water partition coefficient (Wildman–Crippen LogP) is 1.17. The minimum absolute atomic E-state index is 0.296. The van der Waals surface area contributed by atoms with Crippen LogP contribution >= 0.6 is 0 Å². The lowest BCUT2D eigenvalue weighted by Crippen LogP contribution is -2.44. The van der Waals surface area contributed by atoms with E-state index in [1.807, 2.05) is 14.1 Å². The molecule has 4 nitrogen and oxygen atoms in total. The smallest absolute Gasteiger partial charge is 0.224 e. The quantitative estimate of drug-likeness (QED) is 0.774. The molecule has 1 atom stereocenters. The van der Waals surface area contributed by atoms with Gasteiger partial charge in [-0.3, -0.25) is 4.79 Å². The first-order valence-electron chi connectivity index (χ1n) is 7.15. The third-order valence-corrected chi connectivity index (χ3v) is 3.57. The molecule has 1 aliphatic rings. The summed E-state index contributed by atoms with van der Waals surface area (Å²) in [5, 5.41) is 3.42. The van der Waals surface area contributed by atoms with Gasteiger partial charge in [0.25, 0.3) is 0 Å². The van der Waals surface area contributed by atoms with Crippen molar-refractivity contribution in [2.24, 2.45) is 5.92 Å². The SMILES string of the molecule is CC(C)N(CC1CCCNC1)C(=O)CCN(C)C. The highest BCUT2D eigenvalue weighted by Crippen LogP contribution is 2.14. The Morgan fingerprint density at radius 2 is 2.11 bits per heavy atom. The number of nitrogens with one attached hydrogen (secondary N) is 1. The van der Waals surface area contributed by atoms with Gasteiger partial charge in [0.15, 0.2) is 0 Å². The molecule has 1 aliphatic heterocycles. The summed E-state index contributed by atoms with van der Waals surface area (Å²) in [7, 11) is 4.02. The molecule has 18 heavy (non-hydrogen) atoms. The third kappa shape index (κ3) is 5.36. The van der Waals surface area contributed by atoms with Crippen LogP contribution in [0.5, 0.6) is 0 Å². The van der Waals surface area contributed by atoms with Gasteiger partial charge in [0.2, 0.25) is 5.91 Å². The lowest BCUT2D eigenvalue weighted by molar-refractivity contribution is -0.134. The normalized spacial score (nSPS) is 20.4. The van der Waals surface area contributed by atoms with E-state index < -0.39 is 0 Å². The molecule has 1 heterocycles. The van der Waals surface area contributed by atoms with Crippen molar-refractivity contribution in [2.75, 3.05) is 40.3 Å². The zero-order chi connectivity index (χ0) is 13.5. The van der Waals surface area contributed by atoms with E-state index in [-0.39, 0.29) is 0 Å². The highest BCUT2D eigenvalue weighted by molar-refractivity contribution is 5.76. The van der Waals surface area contributed by atoms with Crippen LogP contribution in [0.15, 0.2) is 0 Å². The summed E-state index contributed by atoms with van der Waals surface area (Å²) in [5.74, 6) is 0.925. The van der Waals surface area contributed by atoms with E-state index in [1.165, 1.54) is 12.8 Å². The highest BCUT2D eigenvalue weighted by Gasteiger charge is 2.22. The van der Waals surface area contributed by atoms with E-state index in [2.05, 4.69) is 29.0 Å². The average Bonchev–Trinajstić information content (AvgIpc) is 2.34. The fraction of sp³-hybridized carbons (Fsp3) is 0.929. The number of hydrogen-bond donors (Lipinski definition) is 1. The molecule has 1 N–H and O–H groups in total. The maximum absolute atomic E-state index is 12.2. The molecule has 0 aliphatic carbocycles. The van der Waals surface area contributed by atoms with E-state index in [0.717, 1.165) is 26.2 Å². The second-order valence-corrected chi connectivity index (χ2v) is 5.91. The van der Waals surface area contributed by atoms with Gasteiger partial charge >= 0.3 is 0 Å². The predicted molar refractivity (Wildman–Crippen MR) is 75.6 cm³/mol. The van der Waals surface area contributed by atoms with Crippen molar-refractivity contribution in [3.05, 3.63) is 0 Å². The summed E-state index contributed by atoms with van der Waals surface area (Å²) >= 11 is 0. The molecular weight excluding hydrogens is 226 g/mol. The summed E-state index contributed by atoms with van der Waals surface area (Å²) in [6.07, 6.45) is 3.12. The number of piperidine rings is 1. The summed E-state index contributed by atoms with van der Waals surface area (Å²) in [4.78, 5) is 16.4. The summed E-state index contributed by atoms with van der Waals surface area (Å²) in [6.45, 7) is 8.17. The monoisotopic (exact) mass is 255 g/mol. The van der Waals surface area contributed by atoms with Crippen LogP contribution in [-0.4, -0.2) is 62.0 Å². The van der Waals surface area contributed by atoms with Crippen LogP contribution in [0, 0.1) is 5.92 Å². The van der Waals surface area contributed by atoms with Crippen molar-refractivity contribution in [3.63, 3.8) is 0 Å². The van der Waals surface area contributed by atoms with Gasteiger partial charge in [-0.15, -0.1) is 0 Å². The van der Waals surface area contributed by atoms with Crippen LogP contribution < -0.4 is 5.32 Å². The van der Waals surface area contributed by atoms with E-state index in [1.54, 1.807) is 0 Å². The second-order valence-electron chi connectivity index (χ2n) is 5.91. The van der Waals surface area contributed by atoms with Gasteiger partial charge in [0.1, 0.15) is 0 Å². The van der Waals surface area contributed by atoms with Gasteiger partial charge in [-0.2, -0.15) is 0 Å². The van der Waals surface area contributed by atoms with E-state index in [9.17, 15) is 4.79 Å². The minimum Gasteiger partial charge on any atom is -0.340 e. The van der Waals surface area contributed by atoms with Crippen molar-refractivity contribution in [3.8, 4) is 0 Å². The first kappa shape index (κ1) is 15.4. The van der Waals surface area contributed by atoms with Crippen molar-refractivity contribution in [1.82, 2.24) is 15.1 Å². The maximum atomic E-state index is 12.2.